The quantitative estimate of drug-likeness (QED) is 0.0731. The van der Waals surface area contributed by atoms with Gasteiger partial charge >= 0.3 is 5.97 Å². The van der Waals surface area contributed by atoms with Crippen LogP contribution in [0.3, 0.4) is 0 Å². The van der Waals surface area contributed by atoms with Gasteiger partial charge in [0.25, 0.3) is 0 Å². The van der Waals surface area contributed by atoms with E-state index in [2.05, 4.69) is 25.9 Å². The summed E-state index contributed by atoms with van der Waals surface area (Å²) in [6, 6.07) is 8.63. The topological polar surface area (TPSA) is 266 Å². The van der Waals surface area contributed by atoms with Crippen molar-refractivity contribution >= 4 is 57.3 Å². The van der Waals surface area contributed by atoms with E-state index >= 15 is 0 Å². The lowest BCUT2D eigenvalue weighted by Crippen LogP contribution is -2.59. The number of carbonyl (C=O) groups excluding carboxylic acids is 5. The molecule has 51 heavy (non-hydrogen) atoms. The number of amides is 5. The van der Waals surface area contributed by atoms with Crippen molar-refractivity contribution < 1.29 is 39.0 Å². The van der Waals surface area contributed by atoms with Crippen LogP contribution in [0.25, 0.3) is 21.8 Å². The van der Waals surface area contributed by atoms with Crippen LogP contribution in [0.5, 0.6) is 0 Å². The highest BCUT2D eigenvalue weighted by Gasteiger charge is 2.40. The van der Waals surface area contributed by atoms with E-state index in [-0.39, 0.29) is 38.6 Å². The maximum Gasteiger partial charge on any atom is 0.326 e. The number of likely N-dealkylation sites (tertiary alicyclic amines) is 1. The summed E-state index contributed by atoms with van der Waals surface area (Å²) in [5, 5.41) is 28.6. The van der Waals surface area contributed by atoms with Crippen LogP contribution in [0.4, 0.5) is 0 Å². The molecule has 16 heteroatoms. The van der Waals surface area contributed by atoms with Crippen molar-refractivity contribution in [3.05, 3.63) is 72.1 Å². The molecule has 1 saturated heterocycles. The zero-order chi connectivity index (χ0) is 36.7. The van der Waals surface area contributed by atoms with E-state index in [0.29, 0.717) is 12.0 Å². The van der Waals surface area contributed by atoms with Gasteiger partial charge in [0.05, 0.1) is 6.61 Å². The molecule has 1 aliphatic rings. The first kappa shape index (κ1) is 36.5. The summed E-state index contributed by atoms with van der Waals surface area (Å²) in [4.78, 5) is 85.5. The summed E-state index contributed by atoms with van der Waals surface area (Å²) >= 11 is 0. The van der Waals surface area contributed by atoms with Gasteiger partial charge in [-0.15, -0.1) is 0 Å². The lowest BCUT2D eigenvalue weighted by Gasteiger charge is -2.30. The Morgan fingerprint density at radius 1 is 0.824 bits per heavy atom. The van der Waals surface area contributed by atoms with Crippen molar-refractivity contribution in [1.82, 2.24) is 30.8 Å². The summed E-state index contributed by atoms with van der Waals surface area (Å²) in [7, 11) is 0. The Hall–Kier alpha value is -5.74. The lowest BCUT2D eigenvalue weighted by atomic mass is 10.0. The summed E-state index contributed by atoms with van der Waals surface area (Å²) < 4.78 is 0. The molecule has 3 heterocycles. The number of hydrogen-bond acceptors (Lipinski definition) is 8. The van der Waals surface area contributed by atoms with Crippen molar-refractivity contribution in [2.45, 2.75) is 68.7 Å². The molecular formula is C35H42N8O8. The standard InChI is InChI=1S/C35H42N8O8/c36-23(18-44)31(46)42-28(15-20-17-39-25-9-4-2-7-22(20)25)34(49)43-13-5-10-29(43)33(48)41-27(14-19-16-38-24-8-3-1-6-21(19)24)32(47)40-26(35(50)51)11-12-30(37)45/h1-4,6-9,16-17,23,26-29,38-39,44H,5,10-15,18,36H2,(H2,37,45)(H,40,47)(H,41,48)(H,42,46)(H,50,51)/t23-,26-,27-,28-,29-/m0/s1. The number of aliphatic carboxylic acids is 1. The third-order valence-corrected chi connectivity index (χ3v) is 9.11. The van der Waals surface area contributed by atoms with E-state index in [1.165, 1.54) is 4.90 Å². The van der Waals surface area contributed by atoms with Crippen LogP contribution in [-0.2, 0) is 41.6 Å². The Labute approximate surface area is 292 Å². The molecule has 11 N–H and O–H groups in total. The van der Waals surface area contributed by atoms with Crippen LogP contribution >= 0.6 is 0 Å². The molecule has 0 radical (unpaired) electrons. The maximum atomic E-state index is 14.2. The number of aromatic nitrogens is 2. The van der Waals surface area contributed by atoms with Gasteiger partial charge in [-0.1, -0.05) is 36.4 Å². The molecule has 0 saturated carbocycles. The molecule has 2 aromatic heterocycles. The molecule has 270 valence electrons. The second kappa shape index (κ2) is 16.3. The van der Waals surface area contributed by atoms with E-state index in [0.717, 1.165) is 27.4 Å². The number of rotatable bonds is 16. The third-order valence-electron chi connectivity index (χ3n) is 9.11. The first-order chi connectivity index (χ1) is 24.5. The van der Waals surface area contributed by atoms with Crippen molar-refractivity contribution in [3.8, 4) is 0 Å². The smallest absolute Gasteiger partial charge is 0.326 e. The molecule has 2 aromatic carbocycles. The van der Waals surface area contributed by atoms with E-state index in [1.807, 2.05) is 48.5 Å². The van der Waals surface area contributed by atoms with E-state index in [9.17, 15) is 39.0 Å². The first-order valence-electron chi connectivity index (χ1n) is 16.7. The molecule has 0 unspecified atom stereocenters. The molecule has 5 atom stereocenters. The fourth-order valence-corrected chi connectivity index (χ4v) is 6.40. The molecule has 5 rings (SSSR count). The van der Waals surface area contributed by atoms with Crippen molar-refractivity contribution in [2.75, 3.05) is 13.2 Å². The second-order valence-electron chi connectivity index (χ2n) is 12.6. The predicted octanol–water partition coefficient (Wildman–Crippen LogP) is -0.450. The Bertz CT molecular complexity index is 1920. The summed E-state index contributed by atoms with van der Waals surface area (Å²) in [5.74, 6) is -4.85. The van der Waals surface area contributed by atoms with Gasteiger partial charge in [0, 0.05) is 60.0 Å². The number of fused-ring (bicyclic) bond motifs is 2. The largest absolute Gasteiger partial charge is 0.480 e. The van der Waals surface area contributed by atoms with E-state index < -0.39 is 72.3 Å². The van der Waals surface area contributed by atoms with Gasteiger partial charge in [-0.05, 0) is 42.5 Å². The minimum absolute atomic E-state index is 0.0251. The fourth-order valence-electron chi connectivity index (χ4n) is 6.40. The van der Waals surface area contributed by atoms with Crippen LogP contribution < -0.4 is 27.4 Å². The van der Waals surface area contributed by atoms with Crippen LogP contribution in [0.2, 0.25) is 0 Å². The number of nitrogens with two attached hydrogens (primary N) is 2. The number of aliphatic hydroxyl groups excluding tert-OH is 1. The minimum atomic E-state index is -1.45. The number of aromatic amines is 2. The number of para-hydroxylation sites is 2. The molecule has 0 aliphatic carbocycles. The van der Waals surface area contributed by atoms with Gasteiger partial charge in [0.1, 0.15) is 30.2 Å². The number of primary amides is 1. The van der Waals surface area contributed by atoms with Gasteiger partial charge in [0.15, 0.2) is 0 Å². The van der Waals surface area contributed by atoms with Crippen LogP contribution in [0.1, 0.15) is 36.8 Å². The van der Waals surface area contributed by atoms with Crippen molar-refractivity contribution in [3.63, 3.8) is 0 Å². The number of nitrogens with one attached hydrogen (secondary N) is 5. The molecule has 4 aromatic rings. The Morgan fingerprint density at radius 3 is 1.96 bits per heavy atom. The van der Waals surface area contributed by atoms with E-state index in [1.54, 1.807) is 12.4 Å². The first-order valence-corrected chi connectivity index (χ1v) is 16.7. The van der Waals surface area contributed by atoms with Gasteiger partial charge in [-0.2, -0.15) is 0 Å². The van der Waals surface area contributed by atoms with Crippen LogP contribution in [-0.4, -0.2) is 104 Å². The summed E-state index contributed by atoms with van der Waals surface area (Å²) in [5.41, 5.74) is 14.0. The SMILES string of the molecule is NC(=O)CC[C@H](NC(=O)[C@H](Cc1c[nH]c2ccccc12)NC(=O)[C@@H]1CCCN1C(=O)[C@H](Cc1c[nH]c2ccccc12)NC(=O)[C@@H](N)CO)C(=O)O. The molecule has 0 bridgehead atoms. The van der Waals surface area contributed by atoms with Crippen molar-refractivity contribution in [1.29, 1.82) is 0 Å². The number of hydrogen-bond donors (Lipinski definition) is 9. The Balaban J connectivity index is 1.39. The monoisotopic (exact) mass is 702 g/mol. The average Bonchev–Trinajstić information content (AvgIpc) is 3.88. The van der Waals surface area contributed by atoms with Gasteiger partial charge in [-0.25, -0.2) is 4.79 Å². The second-order valence-corrected chi connectivity index (χ2v) is 12.6. The fraction of sp³-hybridized carbons (Fsp3) is 0.371. The van der Waals surface area contributed by atoms with Crippen LogP contribution in [0.15, 0.2) is 60.9 Å². The Kier molecular flexibility index (Phi) is 11.7. The number of H-pyrrole nitrogens is 2. The lowest BCUT2D eigenvalue weighted by molar-refractivity contribution is -0.143. The van der Waals surface area contributed by atoms with Crippen molar-refractivity contribution in [2.24, 2.45) is 11.5 Å². The summed E-state index contributed by atoms with van der Waals surface area (Å²) in [6.45, 7) is -0.448. The molecule has 1 aliphatic heterocycles. The molecule has 1 fully saturated rings. The van der Waals surface area contributed by atoms with E-state index in [4.69, 9.17) is 11.5 Å². The van der Waals surface area contributed by atoms with Gasteiger partial charge in [0.2, 0.25) is 29.5 Å². The average molecular weight is 703 g/mol. The van der Waals surface area contributed by atoms with Crippen LogP contribution in [0, 0.1) is 0 Å². The molecule has 0 spiro atoms. The van der Waals surface area contributed by atoms with Gasteiger partial charge in [-0.3, -0.25) is 24.0 Å². The molecular weight excluding hydrogens is 660 g/mol. The predicted molar refractivity (Wildman–Crippen MR) is 186 cm³/mol. The number of nitrogens with zero attached hydrogens (tertiary/aromatic N) is 1. The zero-order valence-corrected chi connectivity index (χ0v) is 27.8. The number of carboxylic acids is 1. The van der Waals surface area contributed by atoms with Gasteiger partial charge < -0.3 is 52.5 Å². The molecule has 16 nitrogen and oxygen atoms in total. The normalized spacial score (nSPS) is 16.7. The highest BCUT2D eigenvalue weighted by atomic mass is 16.4. The number of carbonyl (C=O) groups is 6. The zero-order valence-electron chi connectivity index (χ0n) is 27.8. The third kappa shape index (κ3) is 8.71. The number of carboxylic acid groups (broad SMARTS) is 1. The number of aliphatic hydroxyl groups is 1. The summed E-state index contributed by atoms with van der Waals surface area (Å²) in [6.07, 6.45) is 3.65. The number of benzene rings is 2. The molecule has 5 amide bonds. The Morgan fingerprint density at radius 2 is 1.39 bits per heavy atom. The highest BCUT2D eigenvalue weighted by Crippen LogP contribution is 2.24. The highest BCUT2D eigenvalue weighted by molar-refractivity contribution is 5.97. The minimum Gasteiger partial charge on any atom is -0.480 e. The maximum absolute atomic E-state index is 14.2.